The van der Waals surface area contributed by atoms with Crippen molar-refractivity contribution < 1.29 is 4.42 Å². The molecular weight excluding hydrogens is 276 g/mol. The van der Waals surface area contributed by atoms with Crippen LogP contribution in [-0.4, -0.2) is 13.1 Å². The first-order chi connectivity index (χ1) is 10.8. The summed E-state index contributed by atoms with van der Waals surface area (Å²) in [5.74, 6) is 0.660. The zero-order chi connectivity index (χ0) is 15.1. The Morgan fingerprint density at radius 2 is 1.91 bits per heavy atom. The van der Waals surface area contributed by atoms with E-state index in [1.807, 2.05) is 18.2 Å². The maximum atomic E-state index is 12.3. The largest absolute Gasteiger partial charge is 0.421 e. The molecule has 22 heavy (non-hydrogen) atoms. The number of nitriles is 1. The number of hydrogen-bond donors (Lipinski definition) is 0. The molecule has 1 aromatic heterocycles. The third-order valence-electron chi connectivity index (χ3n) is 4.64. The third kappa shape index (κ3) is 1.86. The van der Waals surface area contributed by atoms with Crippen LogP contribution in [0, 0.1) is 11.3 Å². The third-order valence-corrected chi connectivity index (χ3v) is 4.64. The van der Waals surface area contributed by atoms with E-state index in [1.165, 1.54) is 5.56 Å². The van der Waals surface area contributed by atoms with Gasteiger partial charge < -0.3 is 9.32 Å². The van der Waals surface area contributed by atoms with E-state index in [0.29, 0.717) is 5.76 Å². The minimum atomic E-state index is -0.514. The molecule has 1 aliphatic carbocycles. The number of fused-ring (bicyclic) bond motifs is 3. The zero-order valence-corrected chi connectivity index (χ0v) is 12.3. The van der Waals surface area contributed by atoms with Crippen LogP contribution in [0.2, 0.25) is 0 Å². The van der Waals surface area contributed by atoms with Crippen molar-refractivity contribution >= 4 is 5.69 Å². The lowest BCUT2D eigenvalue weighted by atomic mass is 9.88. The van der Waals surface area contributed by atoms with Gasteiger partial charge in [0, 0.05) is 24.2 Å². The molecule has 4 rings (SSSR count). The van der Waals surface area contributed by atoms with E-state index in [-0.39, 0.29) is 5.56 Å². The molecule has 2 aliphatic rings. The summed E-state index contributed by atoms with van der Waals surface area (Å²) in [5.41, 5.74) is 3.69. The molecule has 0 unspecified atom stereocenters. The van der Waals surface area contributed by atoms with Gasteiger partial charge in [0.2, 0.25) is 0 Å². The van der Waals surface area contributed by atoms with Crippen LogP contribution >= 0.6 is 0 Å². The minimum absolute atomic E-state index is 0.167. The molecule has 4 nitrogen and oxygen atoms in total. The van der Waals surface area contributed by atoms with Crippen LogP contribution < -0.4 is 10.5 Å². The standard InChI is InChI=1S/C18H16N2O2/c19-11-15-16(20-9-3-4-10-20)14-8-7-12-5-1-2-6-13(12)17(14)22-18(15)21/h1-2,5-6H,3-4,7-10H2. The van der Waals surface area contributed by atoms with Crippen LogP contribution in [0.25, 0.3) is 11.3 Å². The van der Waals surface area contributed by atoms with Gasteiger partial charge in [-0.15, -0.1) is 0 Å². The van der Waals surface area contributed by atoms with Crippen molar-refractivity contribution in [1.82, 2.24) is 0 Å². The quantitative estimate of drug-likeness (QED) is 0.811. The van der Waals surface area contributed by atoms with Gasteiger partial charge in [-0.05, 0) is 31.2 Å². The molecule has 4 heteroatoms. The summed E-state index contributed by atoms with van der Waals surface area (Å²) < 4.78 is 5.54. The molecule has 0 N–H and O–H groups in total. The Labute approximate surface area is 128 Å². The fraction of sp³-hybridized carbons (Fsp3) is 0.333. The molecule has 0 atom stereocenters. The van der Waals surface area contributed by atoms with E-state index in [0.717, 1.165) is 55.6 Å². The van der Waals surface area contributed by atoms with Crippen molar-refractivity contribution in [3.63, 3.8) is 0 Å². The number of rotatable bonds is 1. The van der Waals surface area contributed by atoms with Gasteiger partial charge in [0.25, 0.3) is 0 Å². The van der Waals surface area contributed by atoms with Gasteiger partial charge in [0.1, 0.15) is 11.8 Å². The average molecular weight is 292 g/mol. The first-order valence-corrected chi connectivity index (χ1v) is 7.73. The van der Waals surface area contributed by atoms with Crippen molar-refractivity contribution in [2.75, 3.05) is 18.0 Å². The van der Waals surface area contributed by atoms with E-state index in [9.17, 15) is 10.1 Å². The van der Waals surface area contributed by atoms with E-state index in [2.05, 4.69) is 17.0 Å². The first-order valence-electron chi connectivity index (χ1n) is 7.73. The smallest absolute Gasteiger partial charge is 0.356 e. The number of aryl methyl sites for hydroxylation is 1. The van der Waals surface area contributed by atoms with Gasteiger partial charge in [-0.25, -0.2) is 4.79 Å². The predicted octanol–water partition coefficient (Wildman–Crippen LogP) is 2.88. The summed E-state index contributed by atoms with van der Waals surface area (Å²) in [7, 11) is 0. The second kappa shape index (κ2) is 5.03. The maximum Gasteiger partial charge on any atom is 0.356 e. The van der Waals surface area contributed by atoms with Crippen LogP contribution in [-0.2, 0) is 12.8 Å². The number of hydrogen-bond acceptors (Lipinski definition) is 4. The molecule has 0 saturated carbocycles. The lowest BCUT2D eigenvalue weighted by Crippen LogP contribution is -2.25. The lowest BCUT2D eigenvalue weighted by molar-refractivity contribution is 0.512. The average Bonchev–Trinajstić information content (AvgIpc) is 3.07. The van der Waals surface area contributed by atoms with Crippen molar-refractivity contribution in [1.29, 1.82) is 5.26 Å². The summed E-state index contributed by atoms with van der Waals surface area (Å²) in [6.07, 6.45) is 3.95. The fourth-order valence-corrected chi connectivity index (χ4v) is 3.62. The molecule has 0 bridgehead atoms. The predicted molar refractivity (Wildman–Crippen MR) is 84.0 cm³/mol. The zero-order valence-electron chi connectivity index (χ0n) is 12.3. The maximum absolute atomic E-state index is 12.3. The number of benzene rings is 1. The van der Waals surface area contributed by atoms with Crippen molar-refractivity contribution in [3.8, 4) is 17.4 Å². The van der Waals surface area contributed by atoms with Gasteiger partial charge in [-0.2, -0.15) is 5.26 Å². The fourth-order valence-electron chi connectivity index (χ4n) is 3.62. The summed E-state index contributed by atoms with van der Waals surface area (Å²) >= 11 is 0. The summed E-state index contributed by atoms with van der Waals surface area (Å²) in [6, 6.07) is 10.1. The van der Waals surface area contributed by atoms with E-state index in [1.54, 1.807) is 0 Å². The molecule has 1 fully saturated rings. The van der Waals surface area contributed by atoms with Crippen LogP contribution in [0.1, 0.15) is 29.5 Å². The van der Waals surface area contributed by atoms with Crippen molar-refractivity contribution in [2.45, 2.75) is 25.7 Å². The van der Waals surface area contributed by atoms with Crippen LogP contribution in [0.4, 0.5) is 5.69 Å². The van der Waals surface area contributed by atoms with Gasteiger partial charge in [0.05, 0.1) is 5.69 Å². The Morgan fingerprint density at radius 3 is 2.68 bits per heavy atom. The molecule has 1 saturated heterocycles. The topological polar surface area (TPSA) is 57.2 Å². The molecule has 110 valence electrons. The highest BCUT2D eigenvalue weighted by molar-refractivity contribution is 5.77. The van der Waals surface area contributed by atoms with Gasteiger partial charge in [0.15, 0.2) is 5.56 Å². The molecule has 0 radical (unpaired) electrons. The van der Waals surface area contributed by atoms with E-state index >= 15 is 0 Å². The Hall–Kier alpha value is -2.54. The van der Waals surface area contributed by atoms with Crippen LogP contribution in [0.15, 0.2) is 33.5 Å². The highest BCUT2D eigenvalue weighted by atomic mass is 16.4. The first kappa shape index (κ1) is 13.1. The monoisotopic (exact) mass is 292 g/mol. The summed E-state index contributed by atoms with van der Waals surface area (Å²) in [4.78, 5) is 14.5. The lowest BCUT2D eigenvalue weighted by Gasteiger charge is -2.26. The summed E-state index contributed by atoms with van der Waals surface area (Å²) in [6.45, 7) is 1.82. The minimum Gasteiger partial charge on any atom is -0.421 e. The Kier molecular flexibility index (Phi) is 3.00. The second-order valence-electron chi connectivity index (χ2n) is 5.88. The molecule has 2 heterocycles. The molecule has 1 aromatic carbocycles. The molecular formula is C18H16N2O2. The SMILES string of the molecule is N#Cc1c(N2CCCC2)c2c(oc1=O)-c1ccccc1CC2. The molecule has 0 spiro atoms. The Balaban J connectivity index is 2.02. The second-order valence-corrected chi connectivity index (χ2v) is 5.88. The highest BCUT2D eigenvalue weighted by Crippen LogP contribution is 2.39. The van der Waals surface area contributed by atoms with Crippen LogP contribution in [0.5, 0.6) is 0 Å². The van der Waals surface area contributed by atoms with Crippen molar-refractivity contribution in [2.24, 2.45) is 0 Å². The number of nitrogens with zero attached hydrogens (tertiary/aromatic N) is 2. The normalized spacial score (nSPS) is 16.0. The molecule has 2 aromatic rings. The van der Waals surface area contributed by atoms with Crippen molar-refractivity contribution in [3.05, 3.63) is 51.4 Å². The van der Waals surface area contributed by atoms with Crippen LogP contribution in [0.3, 0.4) is 0 Å². The molecule has 0 amide bonds. The van der Waals surface area contributed by atoms with Gasteiger partial charge in [-0.3, -0.25) is 0 Å². The Bertz CT molecular complexity index is 839. The van der Waals surface area contributed by atoms with E-state index < -0.39 is 5.63 Å². The highest BCUT2D eigenvalue weighted by Gasteiger charge is 2.29. The van der Waals surface area contributed by atoms with Gasteiger partial charge >= 0.3 is 5.63 Å². The number of anilines is 1. The molecule has 1 aliphatic heterocycles. The Morgan fingerprint density at radius 1 is 1.14 bits per heavy atom. The van der Waals surface area contributed by atoms with E-state index in [4.69, 9.17) is 4.42 Å². The summed E-state index contributed by atoms with van der Waals surface area (Å²) in [5, 5.41) is 9.42. The van der Waals surface area contributed by atoms with Gasteiger partial charge in [-0.1, -0.05) is 24.3 Å².